The molecule has 1 unspecified atom stereocenters. The third-order valence-corrected chi connectivity index (χ3v) is 3.21. The van der Waals surface area contributed by atoms with Crippen molar-refractivity contribution >= 4 is 46.7 Å². The van der Waals surface area contributed by atoms with Crippen molar-refractivity contribution in [1.29, 1.82) is 5.41 Å². The zero-order valence-corrected chi connectivity index (χ0v) is 13.2. The first-order valence-electron chi connectivity index (χ1n) is 5.82. The van der Waals surface area contributed by atoms with Gasteiger partial charge >= 0.3 is 5.97 Å². The Morgan fingerprint density at radius 2 is 2.00 bits per heavy atom. The van der Waals surface area contributed by atoms with E-state index in [0.717, 1.165) is 6.92 Å². The molecule has 1 rings (SSSR count). The zero-order chi connectivity index (χ0) is 16.4. The van der Waals surface area contributed by atoms with Crippen LogP contribution in [0.15, 0.2) is 0 Å². The molecule has 1 aliphatic heterocycles. The van der Waals surface area contributed by atoms with E-state index in [1.165, 1.54) is 0 Å². The second-order valence-electron chi connectivity index (χ2n) is 4.32. The van der Waals surface area contributed by atoms with Gasteiger partial charge in [-0.15, -0.1) is 0 Å². The molecule has 0 saturated carbocycles. The van der Waals surface area contributed by atoms with Crippen LogP contribution in [-0.4, -0.2) is 52.9 Å². The maximum atomic E-state index is 14.2. The van der Waals surface area contributed by atoms with Gasteiger partial charge in [0, 0.05) is 13.5 Å². The normalized spacial score (nSPS) is 33.4. The summed E-state index contributed by atoms with van der Waals surface area (Å²) in [4.78, 5) is 11.0. The average Bonchev–Trinajstić information content (AvgIpc) is 2.36. The molecule has 0 aromatic rings. The summed E-state index contributed by atoms with van der Waals surface area (Å²) in [6, 6.07) is -1.36. The van der Waals surface area contributed by atoms with Crippen LogP contribution in [-0.2, 0) is 19.0 Å². The summed E-state index contributed by atoms with van der Waals surface area (Å²) in [7, 11) is 0. The highest BCUT2D eigenvalue weighted by molar-refractivity contribution is 6.76. The minimum atomic E-state index is -2.14. The molecule has 0 bridgehead atoms. The van der Waals surface area contributed by atoms with Crippen molar-refractivity contribution in [3.05, 3.63) is 0 Å². The van der Waals surface area contributed by atoms with E-state index in [0.29, 0.717) is 0 Å². The van der Waals surface area contributed by atoms with Crippen LogP contribution >= 0.6 is 34.8 Å². The molecule has 5 N–H and O–H groups in total. The van der Waals surface area contributed by atoms with E-state index in [2.05, 4.69) is 0 Å². The van der Waals surface area contributed by atoms with Crippen molar-refractivity contribution in [2.45, 2.75) is 41.4 Å². The molecular weight excluding hydrogens is 351 g/mol. The van der Waals surface area contributed by atoms with Gasteiger partial charge in [-0.3, -0.25) is 10.2 Å². The van der Waals surface area contributed by atoms with E-state index in [-0.39, 0.29) is 6.54 Å². The standard InChI is InChI=1S/C10H15Cl3FN3O4/c1-3(18)19-7-4(2-15)20-8(6(16)5(7)14)21-9(17)10(11,12)13/h4-8,17H,2,15-16H2,1H3/t4-,5+,6-,7-,8?/m1/s1. The summed E-state index contributed by atoms with van der Waals surface area (Å²) in [5.74, 6) is -1.48. The first-order valence-corrected chi connectivity index (χ1v) is 6.96. The third-order valence-electron chi connectivity index (χ3n) is 2.70. The van der Waals surface area contributed by atoms with E-state index in [4.69, 9.17) is 65.9 Å². The molecule has 0 radical (unpaired) electrons. The minimum absolute atomic E-state index is 0.161. The number of nitrogens with one attached hydrogen (secondary N) is 1. The van der Waals surface area contributed by atoms with E-state index in [9.17, 15) is 9.18 Å². The summed E-state index contributed by atoms with van der Waals surface area (Å²) in [5, 5.41) is 7.43. The SMILES string of the molecule is CC(=O)O[C@H]1[C@@H](F)[C@@H](N)C(OC(=N)C(Cl)(Cl)Cl)O[C@@H]1CN. The van der Waals surface area contributed by atoms with Crippen LogP contribution in [0, 0.1) is 5.41 Å². The number of carbonyl (C=O) groups excluding carboxylic acids is 1. The fraction of sp³-hybridized carbons (Fsp3) is 0.800. The van der Waals surface area contributed by atoms with Crippen molar-refractivity contribution in [1.82, 2.24) is 0 Å². The molecule has 0 aromatic heterocycles. The van der Waals surface area contributed by atoms with Gasteiger partial charge in [-0.25, -0.2) is 4.39 Å². The Bertz CT molecular complexity index is 407. The Morgan fingerprint density at radius 3 is 2.43 bits per heavy atom. The number of hydrogen-bond donors (Lipinski definition) is 3. The summed E-state index contributed by atoms with van der Waals surface area (Å²) in [6.45, 7) is 0.957. The lowest BCUT2D eigenvalue weighted by Gasteiger charge is -2.41. The fourth-order valence-corrected chi connectivity index (χ4v) is 1.86. The lowest BCUT2D eigenvalue weighted by atomic mass is 9.98. The third kappa shape index (κ3) is 4.80. The van der Waals surface area contributed by atoms with Crippen molar-refractivity contribution in [3.63, 3.8) is 0 Å². The van der Waals surface area contributed by atoms with Crippen molar-refractivity contribution in [3.8, 4) is 0 Å². The van der Waals surface area contributed by atoms with E-state index >= 15 is 0 Å². The van der Waals surface area contributed by atoms with E-state index in [1.807, 2.05) is 0 Å². The van der Waals surface area contributed by atoms with Crippen LogP contribution in [0.1, 0.15) is 6.92 Å². The quantitative estimate of drug-likeness (QED) is 0.292. The van der Waals surface area contributed by atoms with Gasteiger partial charge in [0.15, 0.2) is 12.3 Å². The van der Waals surface area contributed by atoms with Crippen molar-refractivity contribution in [2.75, 3.05) is 6.54 Å². The van der Waals surface area contributed by atoms with Crippen molar-refractivity contribution < 1.29 is 23.4 Å². The molecule has 122 valence electrons. The van der Waals surface area contributed by atoms with Crippen LogP contribution in [0.5, 0.6) is 0 Å². The van der Waals surface area contributed by atoms with Gasteiger partial charge in [-0.1, -0.05) is 34.8 Å². The Kier molecular flexibility index (Phi) is 6.45. The molecule has 1 heterocycles. The van der Waals surface area contributed by atoms with E-state index in [1.54, 1.807) is 0 Å². The molecule has 1 fully saturated rings. The van der Waals surface area contributed by atoms with Crippen LogP contribution in [0.3, 0.4) is 0 Å². The maximum absolute atomic E-state index is 14.2. The number of nitrogens with two attached hydrogens (primary N) is 2. The molecule has 1 aliphatic rings. The molecule has 0 spiro atoms. The molecule has 7 nitrogen and oxygen atoms in total. The summed E-state index contributed by atoms with van der Waals surface area (Å²) in [5.41, 5.74) is 11.1. The van der Waals surface area contributed by atoms with Crippen LogP contribution in [0.2, 0.25) is 0 Å². The number of rotatable bonds is 3. The molecule has 0 aliphatic carbocycles. The number of ether oxygens (including phenoxy) is 3. The van der Waals surface area contributed by atoms with Crippen LogP contribution in [0.25, 0.3) is 0 Å². The smallest absolute Gasteiger partial charge is 0.303 e. The molecular formula is C10H15Cl3FN3O4. The van der Waals surface area contributed by atoms with Gasteiger partial charge in [0.2, 0.25) is 12.2 Å². The van der Waals surface area contributed by atoms with Gasteiger partial charge in [0.05, 0.1) is 0 Å². The average molecular weight is 367 g/mol. The largest absolute Gasteiger partial charge is 0.457 e. The monoisotopic (exact) mass is 365 g/mol. The summed E-state index contributed by atoms with van der Waals surface area (Å²) in [6.07, 6.45) is -5.49. The molecule has 1 saturated heterocycles. The predicted octanol–water partition coefficient (Wildman–Crippen LogP) is 0.631. The lowest BCUT2D eigenvalue weighted by molar-refractivity contribution is -0.230. The van der Waals surface area contributed by atoms with Crippen molar-refractivity contribution in [2.24, 2.45) is 11.5 Å². The first-order chi connectivity index (χ1) is 9.57. The summed E-state index contributed by atoms with van der Waals surface area (Å²) < 4.78 is 27.1. The number of hydrogen-bond acceptors (Lipinski definition) is 7. The highest BCUT2D eigenvalue weighted by atomic mass is 35.6. The van der Waals surface area contributed by atoms with E-state index < -0.39 is 46.4 Å². The van der Waals surface area contributed by atoms with Gasteiger partial charge in [-0.05, 0) is 0 Å². The second-order valence-corrected chi connectivity index (χ2v) is 6.60. The number of esters is 1. The highest BCUT2D eigenvalue weighted by Crippen LogP contribution is 2.31. The lowest BCUT2D eigenvalue weighted by Crippen LogP contribution is -2.63. The van der Waals surface area contributed by atoms with Gasteiger partial charge in [-0.2, -0.15) is 0 Å². The first kappa shape index (κ1) is 18.7. The number of alkyl halides is 4. The second kappa shape index (κ2) is 7.26. The molecule has 0 aromatic carbocycles. The van der Waals surface area contributed by atoms with Crippen LogP contribution < -0.4 is 11.5 Å². The topological polar surface area (TPSA) is 121 Å². The van der Waals surface area contributed by atoms with Gasteiger partial charge in [0.1, 0.15) is 12.1 Å². The van der Waals surface area contributed by atoms with Gasteiger partial charge in [0.25, 0.3) is 3.79 Å². The number of carbonyl (C=O) groups is 1. The Hall–Kier alpha value is -0.380. The van der Waals surface area contributed by atoms with Crippen LogP contribution in [0.4, 0.5) is 4.39 Å². The molecule has 5 atom stereocenters. The summed E-state index contributed by atoms with van der Waals surface area (Å²) >= 11 is 16.4. The Morgan fingerprint density at radius 1 is 1.43 bits per heavy atom. The maximum Gasteiger partial charge on any atom is 0.303 e. The Balaban J connectivity index is 2.83. The molecule has 0 amide bonds. The minimum Gasteiger partial charge on any atom is -0.457 e. The highest BCUT2D eigenvalue weighted by Gasteiger charge is 2.48. The molecule has 11 heteroatoms. The zero-order valence-electron chi connectivity index (χ0n) is 10.9. The molecule has 21 heavy (non-hydrogen) atoms. The fourth-order valence-electron chi connectivity index (χ4n) is 1.73. The Labute approximate surface area is 135 Å². The van der Waals surface area contributed by atoms with Gasteiger partial charge < -0.3 is 25.7 Å². The predicted molar refractivity (Wildman–Crippen MR) is 75.2 cm³/mol. The number of halogens is 4.